The minimum absolute atomic E-state index is 0.152. The van der Waals surface area contributed by atoms with Crippen LogP contribution in [0.4, 0.5) is 10.2 Å². The highest BCUT2D eigenvalue weighted by atomic mass is 35.5. The molecule has 0 saturated carbocycles. The first-order chi connectivity index (χ1) is 15.0. The van der Waals surface area contributed by atoms with Crippen LogP contribution in [0.3, 0.4) is 0 Å². The zero-order valence-corrected chi connectivity index (χ0v) is 17.1. The molecule has 154 valence electrons. The summed E-state index contributed by atoms with van der Waals surface area (Å²) in [6, 6.07) is 13.4. The van der Waals surface area contributed by atoms with Crippen LogP contribution in [-0.4, -0.2) is 30.9 Å². The molecule has 1 N–H and O–H groups in total. The van der Waals surface area contributed by atoms with Crippen LogP contribution in [0.5, 0.6) is 0 Å². The Labute approximate surface area is 181 Å². The maximum atomic E-state index is 13.3. The molecule has 9 heteroatoms. The number of nitrogens with one attached hydrogen (secondary N) is 1. The van der Waals surface area contributed by atoms with Gasteiger partial charge in [0, 0.05) is 28.5 Å². The highest BCUT2D eigenvalue weighted by molar-refractivity contribution is 6.31. The highest BCUT2D eigenvalue weighted by Crippen LogP contribution is 2.42. The molecule has 1 aliphatic heterocycles. The average Bonchev–Trinajstić information content (AvgIpc) is 3.10. The van der Waals surface area contributed by atoms with E-state index >= 15 is 0 Å². The Hall–Kier alpha value is -3.65. The lowest BCUT2D eigenvalue weighted by molar-refractivity contribution is -0.116. The number of aromatic nitrogens is 5. The van der Waals surface area contributed by atoms with E-state index in [9.17, 15) is 9.18 Å². The van der Waals surface area contributed by atoms with Crippen LogP contribution in [0.25, 0.3) is 17.2 Å². The van der Waals surface area contributed by atoms with Gasteiger partial charge in [-0.1, -0.05) is 29.8 Å². The lowest BCUT2D eigenvalue weighted by Gasteiger charge is -2.24. The number of hydrogen-bond donors (Lipinski definition) is 1. The fourth-order valence-corrected chi connectivity index (χ4v) is 4.13. The lowest BCUT2D eigenvalue weighted by Crippen LogP contribution is -2.25. The summed E-state index contributed by atoms with van der Waals surface area (Å²) < 4.78 is 14.7. The third-order valence-electron chi connectivity index (χ3n) is 5.26. The molecule has 0 fully saturated rings. The standard InChI is InChI=1S/C22H16ClFN6O/c1-12-20-16(15-4-2-3-5-17(15)23)10-19(31)27-21(20)30(29-12)22-26-18(11-25-28-22)13-6-8-14(24)9-7-13/h2-9,11,16H,10H2,1H3,(H,27,31)/t16-/m1/s1. The zero-order chi connectivity index (χ0) is 21.5. The van der Waals surface area contributed by atoms with E-state index in [1.807, 2.05) is 31.2 Å². The summed E-state index contributed by atoms with van der Waals surface area (Å²) in [6.45, 7) is 1.87. The van der Waals surface area contributed by atoms with E-state index < -0.39 is 0 Å². The minimum atomic E-state index is -0.337. The predicted octanol–water partition coefficient (Wildman–Crippen LogP) is 4.30. The maximum Gasteiger partial charge on any atom is 0.272 e. The summed E-state index contributed by atoms with van der Waals surface area (Å²) in [7, 11) is 0. The van der Waals surface area contributed by atoms with E-state index in [4.69, 9.17) is 11.6 Å². The third-order valence-corrected chi connectivity index (χ3v) is 5.60. The number of rotatable bonds is 3. The number of fused-ring (bicyclic) bond motifs is 1. The molecule has 5 rings (SSSR count). The van der Waals surface area contributed by atoms with Crippen LogP contribution in [0.15, 0.2) is 54.7 Å². The largest absolute Gasteiger partial charge is 0.310 e. The SMILES string of the molecule is Cc1nn(-c2nncc(-c3ccc(F)cc3)n2)c2c1[C@@H](c1ccccc1Cl)CC(=O)N2. The first-order valence-corrected chi connectivity index (χ1v) is 9.99. The van der Waals surface area contributed by atoms with Gasteiger partial charge in [-0.3, -0.25) is 4.79 Å². The number of carbonyl (C=O) groups excluding carboxylic acids is 1. The Morgan fingerprint density at radius 2 is 1.94 bits per heavy atom. The highest BCUT2D eigenvalue weighted by Gasteiger charge is 2.34. The van der Waals surface area contributed by atoms with Gasteiger partial charge in [0.05, 0.1) is 17.6 Å². The quantitative estimate of drug-likeness (QED) is 0.519. The Kier molecular flexibility index (Phi) is 4.71. The van der Waals surface area contributed by atoms with Gasteiger partial charge in [0.2, 0.25) is 5.91 Å². The van der Waals surface area contributed by atoms with Crippen molar-refractivity contribution in [1.29, 1.82) is 0 Å². The van der Waals surface area contributed by atoms with E-state index in [1.54, 1.807) is 12.1 Å². The van der Waals surface area contributed by atoms with Crippen molar-refractivity contribution in [1.82, 2.24) is 25.0 Å². The molecule has 31 heavy (non-hydrogen) atoms. The van der Waals surface area contributed by atoms with Crippen LogP contribution in [0.2, 0.25) is 5.02 Å². The van der Waals surface area contributed by atoms with Gasteiger partial charge in [0.15, 0.2) is 0 Å². The summed E-state index contributed by atoms with van der Waals surface area (Å²) in [5.41, 5.74) is 3.66. The van der Waals surface area contributed by atoms with Gasteiger partial charge in [0.1, 0.15) is 11.6 Å². The summed E-state index contributed by atoms with van der Waals surface area (Å²) in [6.07, 6.45) is 1.75. The zero-order valence-electron chi connectivity index (χ0n) is 16.4. The van der Waals surface area contributed by atoms with Gasteiger partial charge in [-0.05, 0) is 42.8 Å². The number of aryl methyl sites for hydroxylation is 1. The van der Waals surface area contributed by atoms with Gasteiger partial charge in [-0.15, -0.1) is 5.10 Å². The van der Waals surface area contributed by atoms with Crippen molar-refractivity contribution in [3.05, 3.63) is 82.4 Å². The average molecular weight is 435 g/mol. The Balaban J connectivity index is 1.63. The van der Waals surface area contributed by atoms with Gasteiger partial charge in [-0.25, -0.2) is 9.37 Å². The second kappa shape index (κ2) is 7.55. The van der Waals surface area contributed by atoms with Crippen molar-refractivity contribution >= 4 is 23.3 Å². The smallest absolute Gasteiger partial charge is 0.272 e. The van der Waals surface area contributed by atoms with Crippen molar-refractivity contribution < 1.29 is 9.18 Å². The molecule has 7 nitrogen and oxygen atoms in total. The third kappa shape index (κ3) is 3.44. The second-order valence-electron chi connectivity index (χ2n) is 7.23. The number of benzene rings is 2. The monoisotopic (exact) mass is 434 g/mol. The normalized spacial score (nSPS) is 15.5. The van der Waals surface area contributed by atoms with Gasteiger partial charge in [-0.2, -0.15) is 14.9 Å². The molecule has 1 amide bonds. The molecule has 1 atom stereocenters. The fourth-order valence-electron chi connectivity index (χ4n) is 3.86. The molecule has 2 aromatic heterocycles. The number of halogens is 2. The molecule has 0 radical (unpaired) electrons. The lowest BCUT2D eigenvalue weighted by atomic mass is 9.86. The number of anilines is 1. The van der Waals surface area contributed by atoms with E-state index in [1.165, 1.54) is 23.0 Å². The first-order valence-electron chi connectivity index (χ1n) is 9.61. The first kappa shape index (κ1) is 19.3. The van der Waals surface area contributed by atoms with Crippen LogP contribution >= 0.6 is 11.6 Å². The molecule has 0 spiro atoms. The number of nitrogens with zero attached hydrogens (tertiary/aromatic N) is 5. The Morgan fingerprint density at radius 1 is 1.16 bits per heavy atom. The van der Waals surface area contributed by atoms with Gasteiger partial charge in [0.25, 0.3) is 5.95 Å². The topological polar surface area (TPSA) is 85.6 Å². The summed E-state index contributed by atoms with van der Waals surface area (Å²) >= 11 is 6.43. The molecular formula is C22H16ClFN6O. The van der Waals surface area contributed by atoms with Gasteiger partial charge >= 0.3 is 0 Å². The summed E-state index contributed by atoms with van der Waals surface area (Å²) in [5.74, 6) is -0.0280. The Morgan fingerprint density at radius 3 is 2.71 bits per heavy atom. The van der Waals surface area contributed by atoms with E-state index in [0.29, 0.717) is 22.1 Å². The molecule has 3 heterocycles. The molecule has 1 aliphatic rings. The van der Waals surface area contributed by atoms with E-state index in [-0.39, 0.29) is 30.0 Å². The van der Waals surface area contributed by atoms with E-state index in [2.05, 4.69) is 25.6 Å². The minimum Gasteiger partial charge on any atom is -0.310 e. The maximum absolute atomic E-state index is 13.3. The van der Waals surface area contributed by atoms with Gasteiger partial charge < -0.3 is 5.32 Å². The van der Waals surface area contributed by atoms with Crippen molar-refractivity contribution in [2.24, 2.45) is 0 Å². The van der Waals surface area contributed by atoms with Crippen molar-refractivity contribution in [2.45, 2.75) is 19.3 Å². The van der Waals surface area contributed by atoms with Crippen LogP contribution < -0.4 is 5.32 Å². The predicted molar refractivity (Wildman–Crippen MR) is 114 cm³/mol. The number of amides is 1. The Bertz CT molecular complexity index is 1300. The molecule has 2 aromatic carbocycles. The molecule has 4 aromatic rings. The fraction of sp³-hybridized carbons (Fsp3) is 0.136. The number of carbonyl (C=O) groups is 1. The second-order valence-corrected chi connectivity index (χ2v) is 7.64. The molecule has 0 aliphatic carbocycles. The van der Waals surface area contributed by atoms with Crippen molar-refractivity contribution in [3.8, 4) is 17.2 Å². The van der Waals surface area contributed by atoms with Crippen LogP contribution in [0.1, 0.15) is 29.2 Å². The van der Waals surface area contributed by atoms with Crippen LogP contribution in [0, 0.1) is 12.7 Å². The molecular weight excluding hydrogens is 419 g/mol. The summed E-state index contributed by atoms with van der Waals surface area (Å²) in [4.78, 5) is 17.1. The van der Waals surface area contributed by atoms with Crippen LogP contribution in [-0.2, 0) is 4.79 Å². The number of hydrogen-bond acceptors (Lipinski definition) is 5. The molecule has 0 unspecified atom stereocenters. The molecule has 0 saturated heterocycles. The molecule has 0 bridgehead atoms. The summed E-state index contributed by atoms with van der Waals surface area (Å²) in [5, 5.41) is 16.2. The van der Waals surface area contributed by atoms with E-state index in [0.717, 1.165) is 16.8 Å². The van der Waals surface area contributed by atoms with Crippen molar-refractivity contribution in [3.63, 3.8) is 0 Å². The van der Waals surface area contributed by atoms with Crippen molar-refractivity contribution in [2.75, 3.05) is 5.32 Å².